The molecule has 0 aliphatic rings. The zero-order chi connectivity index (χ0) is 14.3. The molecule has 0 aliphatic carbocycles. The van der Waals surface area contributed by atoms with Gasteiger partial charge in [0, 0.05) is 19.7 Å². The second kappa shape index (κ2) is 7.15. The minimum atomic E-state index is -3.19. The molecule has 1 aromatic rings. The highest BCUT2D eigenvalue weighted by molar-refractivity contribution is 5.47. The summed E-state index contributed by atoms with van der Waals surface area (Å²) >= 11 is 0. The summed E-state index contributed by atoms with van der Waals surface area (Å²) < 4.78 is 30.8. The average molecular weight is 276 g/mol. The number of hydrogen-bond donors (Lipinski definition) is 3. The highest BCUT2D eigenvalue weighted by atomic mass is 19.3. The van der Waals surface area contributed by atoms with Crippen molar-refractivity contribution in [2.45, 2.75) is 19.5 Å². The molecule has 0 bridgehead atoms. The lowest BCUT2D eigenvalue weighted by Crippen LogP contribution is -2.31. The normalized spacial score (nSPS) is 11.4. The lowest BCUT2D eigenvalue weighted by Gasteiger charge is -2.15. The van der Waals surface area contributed by atoms with Crippen LogP contribution in [-0.2, 0) is 11.3 Å². The summed E-state index contributed by atoms with van der Waals surface area (Å²) in [5, 5.41) is 13.9. The van der Waals surface area contributed by atoms with Gasteiger partial charge in [-0.2, -0.15) is 0 Å². The smallest absolute Gasteiger partial charge is 0.287 e. The van der Waals surface area contributed by atoms with Crippen LogP contribution in [0.15, 0.2) is 6.07 Å². The summed E-state index contributed by atoms with van der Waals surface area (Å²) in [4.78, 5) is 8.19. The zero-order valence-corrected chi connectivity index (χ0v) is 10.9. The van der Waals surface area contributed by atoms with Crippen LogP contribution in [0.25, 0.3) is 0 Å². The van der Waals surface area contributed by atoms with E-state index in [2.05, 4.69) is 20.6 Å². The topological polar surface area (TPSA) is 79.3 Å². The molecule has 0 radical (unpaired) electrons. The van der Waals surface area contributed by atoms with E-state index in [-0.39, 0.29) is 12.4 Å². The number of nitrogens with one attached hydrogen (secondary N) is 2. The van der Waals surface area contributed by atoms with E-state index in [1.807, 2.05) is 6.92 Å². The van der Waals surface area contributed by atoms with Gasteiger partial charge in [-0.3, -0.25) is 0 Å². The first kappa shape index (κ1) is 15.5. The summed E-state index contributed by atoms with van der Waals surface area (Å²) in [6.07, 6.45) is 0. The van der Waals surface area contributed by atoms with Crippen LogP contribution in [0.3, 0.4) is 0 Å². The van der Waals surface area contributed by atoms with E-state index >= 15 is 0 Å². The number of methoxy groups -OCH3 is 1. The van der Waals surface area contributed by atoms with Crippen LogP contribution in [-0.4, -0.2) is 47.8 Å². The highest BCUT2D eigenvalue weighted by Crippen LogP contribution is 2.16. The van der Waals surface area contributed by atoms with E-state index in [1.54, 1.807) is 0 Å². The number of alkyl halides is 2. The second-order valence-corrected chi connectivity index (χ2v) is 3.89. The molecule has 0 amide bonds. The average Bonchev–Trinajstić information content (AvgIpc) is 2.37. The van der Waals surface area contributed by atoms with Crippen molar-refractivity contribution in [2.24, 2.45) is 0 Å². The van der Waals surface area contributed by atoms with Crippen LogP contribution in [0.5, 0.6) is 0 Å². The van der Waals surface area contributed by atoms with Crippen molar-refractivity contribution >= 4 is 11.6 Å². The SMILES string of the molecule is CCNc1cc(NCC(F)(F)CO)nc(COC)n1. The monoisotopic (exact) mass is 276 g/mol. The lowest BCUT2D eigenvalue weighted by atomic mass is 10.3. The first-order chi connectivity index (χ1) is 9.00. The molecule has 108 valence electrons. The van der Waals surface area contributed by atoms with E-state index in [0.717, 1.165) is 0 Å². The van der Waals surface area contributed by atoms with Gasteiger partial charge in [-0.05, 0) is 6.92 Å². The van der Waals surface area contributed by atoms with Crippen molar-refractivity contribution in [1.82, 2.24) is 9.97 Å². The third-order valence-corrected chi connectivity index (χ3v) is 2.16. The molecule has 8 heteroatoms. The summed E-state index contributed by atoms with van der Waals surface area (Å²) in [7, 11) is 1.50. The van der Waals surface area contributed by atoms with E-state index in [1.165, 1.54) is 13.2 Å². The van der Waals surface area contributed by atoms with Gasteiger partial charge in [-0.15, -0.1) is 0 Å². The van der Waals surface area contributed by atoms with Crippen molar-refractivity contribution in [3.05, 3.63) is 11.9 Å². The van der Waals surface area contributed by atoms with Crippen molar-refractivity contribution in [2.75, 3.05) is 37.4 Å². The number of aliphatic hydroxyl groups is 1. The number of halogens is 2. The molecule has 1 aromatic heterocycles. The van der Waals surface area contributed by atoms with Gasteiger partial charge >= 0.3 is 0 Å². The Hall–Kier alpha value is -1.54. The van der Waals surface area contributed by atoms with Crippen molar-refractivity contribution in [3.8, 4) is 0 Å². The molecule has 0 saturated carbocycles. The Morgan fingerprint density at radius 2 is 1.95 bits per heavy atom. The third kappa shape index (κ3) is 5.31. The van der Waals surface area contributed by atoms with Gasteiger partial charge in [-0.25, -0.2) is 18.7 Å². The summed E-state index contributed by atoms with van der Waals surface area (Å²) in [6, 6.07) is 1.52. The predicted octanol–water partition coefficient (Wildman–Crippen LogP) is 1.09. The van der Waals surface area contributed by atoms with Gasteiger partial charge in [0.25, 0.3) is 5.92 Å². The molecular weight excluding hydrogens is 258 g/mol. The van der Waals surface area contributed by atoms with Crippen LogP contribution < -0.4 is 10.6 Å². The summed E-state index contributed by atoms with van der Waals surface area (Å²) in [6.45, 7) is 0.819. The third-order valence-electron chi connectivity index (χ3n) is 2.16. The Kier molecular flexibility index (Phi) is 5.84. The molecular formula is C11H18F2N4O2. The maximum atomic E-state index is 12.9. The Morgan fingerprint density at radius 1 is 1.32 bits per heavy atom. The van der Waals surface area contributed by atoms with Crippen LogP contribution in [0, 0.1) is 0 Å². The van der Waals surface area contributed by atoms with Crippen LogP contribution in [0.2, 0.25) is 0 Å². The number of anilines is 2. The first-order valence-corrected chi connectivity index (χ1v) is 5.84. The molecule has 1 rings (SSSR count). The Balaban J connectivity index is 2.80. The Labute approximate surface area is 110 Å². The minimum Gasteiger partial charge on any atom is -0.390 e. The van der Waals surface area contributed by atoms with Crippen LogP contribution in [0.1, 0.15) is 12.7 Å². The fourth-order valence-electron chi connectivity index (χ4n) is 1.33. The molecule has 0 aromatic carbocycles. The van der Waals surface area contributed by atoms with Gasteiger partial charge < -0.3 is 20.5 Å². The maximum absolute atomic E-state index is 12.9. The number of hydrogen-bond acceptors (Lipinski definition) is 6. The Bertz CT molecular complexity index is 380. The minimum absolute atomic E-state index is 0.185. The van der Waals surface area contributed by atoms with E-state index in [9.17, 15) is 8.78 Å². The van der Waals surface area contributed by atoms with Crippen LogP contribution >= 0.6 is 0 Å². The molecule has 0 atom stereocenters. The summed E-state index contributed by atoms with van der Waals surface area (Å²) in [5.41, 5.74) is 0. The largest absolute Gasteiger partial charge is 0.390 e. The van der Waals surface area contributed by atoms with Crippen LogP contribution in [0.4, 0.5) is 20.4 Å². The van der Waals surface area contributed by atoms with Gasteiger partial charge in [0.1, 0.15) is 24.8 Å². The molecule has 0 saturated heterocycles. The van der Waals surface area contributed by atoms with E-state index in [4.69, 9.17) is 9.84 Å². The quantitative estimate of drug-likeness (QED) is 0.659. The fourth-order valence-corrected chi connectivity index (χ4v) is 1.33. The standard InChI is InChI=1S/C11H18F2N4O2/c1-3-14-8-4-9(15-6-11(12,13)7-18)17-10(16-8)5-19-2/h4,18H,3,5-7H2,1-2H3,(H2,14,15,16,17). The highest BCUT2D eigenvalue weighted by Gasteiger charge is 2.27. The van der Waals surface area contributed by atoms with Crippen molar-refractivity contribution in [3.63, 3.8) is 0 Å². The molecule has 0 unspecified atom stereocenters. The molecule has 6 nitrogen and oxygen atoms in total. The number of rotatable bonds is 8. The van der Waals surface area contributed by atoms with Gasteiger partial charge in [0.05, 0.1) is 6.54 Å². The van der Waals surface area contributed by atoms with Crippen molar-refractivity contribution in [1.29, 1.82) is 0 Å². The predicted molar refractivity (Wildman–Crippen MR) is 67.4 cm³/mol. The fraction of sp³-hybridized carbons (Fsp3) is 0.636. The zero-order valence-electron chi connectivity index (χ0n) is 10.9. The molecule has 1 heterocycles. The molecule has 0 aliphatic heterocycles. The first-order valence-electron chi connectivity index (χ1n) is 5.84. The van der Waals surface area contributed by atoms with Crippen molar-refractivity contribution < 1.29 is 18.6 Å². The van der Waals surface area contributed by atoms with E-state index in [0.29, 0.717) is 18.2 Å². The molecule has 0 fully saturated rings. The lowest BCUT2D eigenvalue weighted by molar-refractivity contribution is -0.0373. The molecule has 0 spiro atoms. The number of aliphatic hydroxyl groups excluding tert-OH is 1. The Morgan fingerprint density at radius 3 is 2.47 bits per heavy atom. The van der Waals surface area contributed by atoms with Gasteiger partial charge in [0.15, 0.2) is 5.82 Å². The van der Waals surface area contributed by atoms with E-state index < -0.39 is 19.1 Å². The molecule has 3 N–H and O–H groups in total. The van der Waals surface area contributed by atoms with Gasteiger partial charge in [0.2, 0.25) is 0 Å². The number of ether oxygens (including phenoxy) is 1. The summed E-state index contributed by atoms with van der Waals surface area (Å²) in [5.74, 6) is -2.02. The number of nitrogens with zero attached hydrogens (tertiary/aromatic N) is 2. The molecule has 19 heavy (non-hydrogen) atoms. The maximum Gasteiger partial charge on any atom is 0.287 e. The second-order valence-electron chi connectivity index (χ2n) is 3.89. The number of aromatic nitrogens is 2. The van der Waals surface area contributed by atoms with Gasteiger partial charge in [-0.1, -0.05) is 0 Å².